The third kappa shape index (κ3) is 1.88. The molecule has 17 heavy (non-hydrogen) atoms. The molecule has 0 amide bonds. The number of hydrogen-bond donors (Lipinski definition) is 1. The highest BCUT2D eigenvalue weighted by molar-refractivity contribution is 6.30. The fourth-order valence-electron chi connectivity index (χ4n) is 1.94. The van der Waals surface area contributed by atoms with Gasteiger partial charge in [0.15, 0.2) is 0 Å². The minimum atomic E-state index is -0.895. The van der Waals surface area contributed by atoms with Gasteiger partial charge in [-0.05, 0) is 12.5 Å². The summed E-state index contributed by atoms with van der Waals surface area (Å²) in [5.41, 5.74) is 11.3. The minimum Gasteiger partial charge on any atom is -0.361 e. The quantitative estimate of drug-likeness (QED) is 0.475. The van der Waals surface area contributed by atoms with Crippen LogP contribution in [0.2, 0.25) is 0 Å². The van der Waals surface area contributed by atoms with Gasteiger partial charge in [0.05, 0.1) is 5.92 Å². The molecule has 1 aliphatic rings. The molecule has 86 valence electrons. The van der Waals surface area contributed by atoms with E-state index in [1.165, 1.54) is 0 Å². The predicted molar refractivity (Wildman–Crippen MR) is 63.9 cm³/mol. The molecule has 2 atom stereocenters. The maximum absolute atomic E-state index is 11.9. The Hall–Kier alpha value is -2.26. The summed E-state index contributed by atoms with van der Waals surface area (Å²) >= 11 is 0. The van der Waals surface area contributed by atoms with Crippen LogP contribution in [-0.2, 0) is 4.79 Å². The first-order chi connectivity index (χ1) is 8.18. The molecule has 1 N–H and O–H groups in total. The average Bonchev–Trinajstić information content (AvgIpc) is 2.74. The lowest BCUT2D eigenvalue weighted by Crippen LogP contribution is -2.49. The summed E-state index contributed by atoms with van der Waals surface area (Å²) in [6, 6.07) is 9.60. The monoisotopic (exact) mass is 228 g/mol. The molecule has 0 spiro atoms. The van der Waals surface area contributed by atoms with Gasteiger partial charge < -0.3 is 5.53 Å². The van der Waals surface area contributed by atoms with Crippen molar-refractivity contribution in [2.75, 3.05) is 0 Å². The molecule has 5 heteroatoms. The van der Waals surface area contributed by atoms with E-state index in [0.29, 0.717) is 0 Å². The van der Waals surface area contributed by atoms with Crippen molar-refractivity contribution in [2.45, 2.75) is 18.4 Å². The van der Waals surface area contributed by atoms with E-state index in [2.05, 4.69) is 15.3 Å². The Morgan fingerprint density at radius 2 is 2.24 bits per heavy atom. The van der Waals surface area contributed by atoms with E-state index in [1.807, 2.05) is 30.3 Å². The first kappa shape index (κ1) is 11.2. The van der Waals surface area contributed by atoms with Crippen LogP contribution in [0, 0.1) is 0 Å². The normalized spacial score (nSPS) is 26.1. The van der Waals surface area contributed by atoms with E-state index < -0.39 is 5.54 Å². The second kappa shape index (κ2) is 4.31. The number of Topliss-reactive ketones (excluding diaryl/α,β-unsaturated/α-hetero) is 1. The van der Waals surface area contributed by atoms with Crippen LogP contribution in [0.1, 0.15) is 18.4 Å². The van der Waals surface area contributed by atoms with Crippen molar-refractivity contribution in [3.05, 3.63) is 41.4 Å². The molecule has 0 aliphatic carbocycles. The van der Waals surface area contributed by atoms with Crippen molar-refractivity contribution >= 4 is 18.2 Å². The van der Waals surface area contributed by atoms with Crippen LogP contribution in [0.25, 0.3) is 5.53 Å². The Bertz CT molecular complexity index is 504. The highest BCUT2D eigenvalue weighted by atomic mass is 16.1. The fraction of sp³-hybridized carbons (Fsp3) is 0.250. The minimum absolute atomic E-state index is 0.172. The van der Waals surface area contributed by atoms with Crippen molar-refractivity contribution in [1.82, 2.24) is 5.43 Å². The number of ketones is 1. The van der Waals surface area contributed by atoms with E-state index in [-0.39, 0.29) is 11.7 Å². The number of nitrogens with zero attached hydrogens (tertiary/aromatic N) is 3. The molecule has 1 heterocycles. The number of carbonyl (C=O) groups is 1. The highest BCUT2D eigenvalue weighted by Gasteiger charge is 2.45. The van der Waals surface area contributed by atoms with Crippen molar-refractivity contribution < 1.29 is 9.58 Å². The number of carbonyl (C=O) groups excluding carboxylic acids is 1. The SMILES string of the molecule is CC1(C(=O)C=[N+]=[N-])NN=CC1c1ccccc1. The van der Waals surface area contributed by atoms with Crippen molar-refractivity contribution in [2.24, 2.45) is 5.10 Å². The molecule has 0 saturated carbocycles. The summed E-state index contributed by atoms with van der Waals surface area (Å²) in [6.07, 6.45) is 2.59. The Morgan fingerprint density at radius 3 is 2.88 bits per heavy atom. The molecule has 0 saturated heterocycles. The van der Waals surface area contributed by atoms with Gasteiger partial charge in [0.2, 0.25) is 0 Å². The van der Waals surface area contributed by atoms with Crippen LogP contribution in [0.5, 0.6) is 0 Å². The van der Waals surface area contributed by atoms with Gasteiger partial charge in [-0.1, -0.05) is 30.3 Å². The van der Waals surface area contributed by atoms with Gasteiger partial charge in [-0.25, -0.2) is 0 Å². The van der Waals surface area contributed by atoms with Crippen LogP contribution < -0.4 is 5.43 Å². The summed E-state index contributed by atoms with van der Waals surface area (Å²) in [6.45, 7) is 1.74. The Kier molecular flexibility index (Phi) is 2.85. The van der Waals surface area contributed by atoms with Gasteiger partial charge in [0.1, 0.15) is 5.54 Å². The van der Waals surface area contributed by atoms with Gasteiger partial charge in [-0.15, -0.1) is 0 Å². The zero-order valence-corrected chi connectivity index (χ0v) is 9.37. The van der Waals surface area contributed by atoms with Gasteiger partial charge in [0, 0.05) is 6.21 Å². The number of rotatable bonds is 3. The third-order valence-corrected chi connectivity index (χ3v) is 2.99. The van der Waals surface area contributed by atoms with Crippen LogP contribution in [0.4, 0.5) is 0 Å². The van der Waals surface area contributed by atoms with Crippen LogP contribution in [0.15, 0.2) is 35.4 Å². The molecule has 1 aliphatic heterocycles. The Labute approximate surface area is 98.8 Å². The maximum atomic E-state index is 11.9. The van der Waals surface area contributed by atoms with E-state index in [9.17, 15) is 4.79 Å². The first-order valence-corrected chi connectivity index (χ1v) is 5.25. The molecule has 2 unspecified atom stereocenters. The van der Waals surface area contributed by atoms with Gasteiger partial charge >= 0.3 is 6.21 Å². The lowest BCUT2D eigenvalue weighted by atomic mass is 9.80. The predicted octanol–water partition coefficient (Wildman–Crippen LogP) is 0.988. The number of hydrogen-bond acceptors (Lipinski definition) is 3. The molecule has 0 fully saturated rings. The zero-order chi connectivity index (χ0) is 12.3. The fourth-order valence-corrected chi connectivity index (χ4v) is 1.94. The second-order valence-corrected chi connectivity index (χ2v) is 4.09. The molecule has 1 aromatic carbocycles. The lowest BCUT2D eigenvalue weighted by molar-refractivity contribution is -0.121. The summed E-state index contributed by atoms with van der Waals surface area (Å²) in [5, 5.41) is 3.96. The molecular weight excluding hydrogens is 216 g/mol. The van der Waals surface area contributed by atoms with E-state index >= 15 is 0 Å². The maximum Gasteiger partial charge on any atom is 0.325 e. The van der Waals surface area contributed by atoms with Crippen LogP contribution in [0.3, 0.4) is 0 Å². The molecule has 0 radical (unpaired) electrons. The van der Waals surface area contributed by atoms with Crippen LogP contribution >= 0.6 is 0 Å². The van der Waals surface area contributed by atoms with E-state index in [4.69, 9.17) is 5.53 Å². The molecule has 5 nitrogen and oxygen atoms in total. The Balaban J connectivity index is 2.37. The van der Waals surface area contributed by atoms with Gasteiger partial charge in [-0.3, -0.25) is 10.2 Å². The lowest BCUT2D eigenvalue weighted by Gasteiger charge is -2.26. The molecule has 0 aromatic heterocycles. The first-order valence-electron chi connectivity index (χ1n) is 5.25. The summed E-state index contributed by atoms with van der Waals surface area (Å²) in [5.74, 6) is -0.486. The van der Waals surface area contributed by atoms with Crippen LogP contribution in [-0.4, -0.2) is 28.5 Å². The van der Waals surface area contributed by atoms with Crippen molar-refractivity contribution in [3.8, 4) is 0 Å². The second-order valence-electron chi connectivity index (χ2n) is 4.09. The molecule has 0 bridgehead atoms. The molecule has 2 rings (SSSR count). The summed E-state index contributed by atoms with van der Waals surface area (Å²) in [4.78, 5) is 14.7. The standard InChI is InChI=1S/C12H12N4O/c1-12(11(17)8-14-13)10(7-15-16-12)9-5-3-2-4-6-9/h2-8,10,16H,1H3. The van der Waals surface area contributed by atoms with Crippen molar-refractivity contribution in [3.63, 3.8) is 0 Å². The van der Waals surface area contributed by atoms with E-state index in [0.717, 1.165) is 11.8 Å². The molecular formula is C12H12N4O. The average molecular weight is 228 g/mol. The largest absolute Gasteiger partial charge is 0.361 e. The smallest absolute Gasteiger partial charge is 0.325 e. The number of hydrazone groups is 1. The zero-order valence-electron chi connectivity index (χ0n) is 9.37. The summed E-state index contributed by atoms with van der Waals surface area (Å²) in [7, 11) is 0. The number of nitrogens with one attached hydrogen (secondary N) is 1. The Morgan fingerprint density at radius 1 is 1.53 bits per heavy atom. The van der Waals surface area contributed by atoms with Gasteiger partial charge in [-0.2, -0.15) is 9.89 Å². The van der Waals surface area contributed by atoms with Gasteiger partial charge in [0.25, 0.3) is 5.78 Å². The third-order valence-electron chi connectivity index (χ3n) is 2.99. The molecule has 1 aromatic rings. The highest BCUT2D eigenvalue weighted by Crippen LogP contribution is 2.30. The van der Waals surface area contributed by atoms with Crippen molar-refractivity contribution in [1.29, 1.82) is 0 Å². The topological polar surface area (TPSA) is 77.9 Å². The number of benzene rings is 1. The van der Waals surface area contributed by atoms with E-state index in [1.54, 1.807) is 13.1 Å². The summed E-state index contributed by atoms with van der Waals surface area (Å²) < 4.78 is 0.